The van der Waals surface area contributed by atoms with E-state index in [1.165, 1.54) is 37.7 Å². The summed E-state index contributed by atoms with van der Waals surface area (Å²) in [6.45, 7) is 7.81. The smallest absolute Gasteiger partial charge is 0.226 e. The molecule has 6 heteroatoms. The second kappa shape index (κ2) is 10.3. The first-order valence-corrected chi connectivity index (χ1v) is 15.7. The van der Waals surface area contributed by atoms with E-state index in [2.05, 4.69) is 54.1 Å². The molecule has 1 N–H and O–H groups in total. The zero-order chi connectivity index (χ0) is 22.6. The monoisotopic (exact) mass is 453 g/mol. The molecule has 0 radical (unpaired) electrons. The van der Waals surface area contributed by atoms with Gasteiger partial charge in [-0.15, -0.1) is 0 Å². The fourth-order valence-corrected chi connectivity index (χ4v) is 5.26. The molecule has 0 aliphatic heterocycles. The van der Waals surface area contributed by atoms with Crippen molar-refractivity contribution in [3.63, 3.8) is 0 Å². The van der Waals surface area contributed by atoms with Gasteiger partial charge in [0.05, 0.1) is 12.7 Å². The summed E-state index contributed by atoms with van der Waals surface area (Å²) < 4.78 is 20.7. The van der Waals surface area contributed by atoms with Crippen LogP contribution in [-0.2, 0) is 17.7 Å². The number of aromatic amines is 1. The number of fused-ring (bicyclic) bond motifs is 1. The predicted molar refractivity (Wildman–Crippen MR) is 133 cm³/mol. The summed E-state index contributed by atoms with van der Waals surface area (Å²) in [7, 11) is -1.27. The highest BCUT2D eigenvalue weighted by atomic mass is 28.3. The predicted octanol–water partition coefficient (Wildman–Crippen LogP) is 6.69. The topological polar surface area (TPSA) is 50.3 Å². The number of aliphatic imine (C=N–C) groups is 1. The maximum absolute atomic E-state index is 15.1. The molecular weight excluding hydrogens is 417 g/mol. The summed E-state index contributed by atoms with van der Waals surface area (Å²) in [6, 6.07) is 9.82. The Morgan fingerprint density at radius 2 is 1.91 bits per heavy atom. The maximum Gasteiger partial charge on any atom is 0.226 e. The third-order valence-corrected chi connectivity index (χ3v) is 8.31. The Bertz CT molecular complexity index is 952. The first-order valence-electron chi connectivity index (χ1n) is 12.0. The summed E-state index contributed by atoms with van der Waals surface area (Å²) in [6.07, 6.45) is 9.34. The van der Waals surface area contributed by atoms with Gasteiger partial charge >= 0.3 is 0 Å². The van der Waals surface area contributed by atoms with E-state index < -0.39 is 14.4 Å². The maximum atomic E-state index is 15.1. The fraction of sp³-hybridized carbons (Fsp3) is 0.538. The Morgan fingerprint density at radius 1 is 1.16 bits per heavy atom. The van der Waals surface area contributed by atoms with Crippen LogP contribution in [0, 0.1) is 0 Å². The van der Waals surface area contributed by atoms with Crippen LogP contribution in [0.1, 0.15) is 60.4 Å². The minimum absolute atomic E-state index is 0.447. The van der Waals surface area contributed by atoms with Crippen molar-refractivity contribution in [1.29, 1.82) is 0 Å². The molecule has 0 spiro atoms. The van der Waals surface area contributed by atoms with Gasteiger partial charge in [-0.2, -0.15) is 5.10 Å². The minimum atomic E-state index is -1.46. The highest BCUT2D eigenvalue weighted by Crippen LogP contribution is 2.32. The molecule has 1 aromatic heterocycles. The lowest BCUT2D eigenvalue weighted by molar-refractivity contribution is -0.000150. The number of nitrogens with zero attached hydrogens (tertiary/aromatic N) is 2. The molecule has 1 atom stereocenters. The molecule has 0 amide bonds. The number of halogens is 1. The van der Waals surface area contributed by atoms with E-state index >= 15 is 4.39 Å². The molecule has 0 bridgehead atoms. The third-order valence-electron chi connectivity index (χ3n) is 6.61. The fourth-order valence-electron chi connectivity index (χ4n) is 4.53. The third kappa shape index (κ3) is 6.04. The molecule has 1 aromatic carbocycles. The quantitative estimate of drug-likeness (QED) is 0.453. The summed E-state index contributed by atoms with van der Waals surface area (Å²) in [5.41, 5.74) is 5.79. The van der Waals surface area contributed by atoms with Crippen LogP contribution in [0.3, 0.4) is 0 Å². The number of hydrogen-bond donors (Lipinski definition) is 1. The van der Waals surface area contributed by atoms with Gasteiger partial charge in [0.1, 0.15) is 0 Å². The molecule has 1 heterocycles. The summed E-state index contributed by atoms with van der Waals surface area (Å²) in [4.78, 5) is 4.82. The standard InChI is InChI=1S/C26H36FN3OSi/c1-32(2,3)14-13-31-26(27)23-15-22-18-29-30-24(22)16-25(23)28-17-19-9-11-21(12-10-19)20-7-5-4-6-8-20/h9-12,15,18,20,26H,4-8,13-14,16-17H2,1-3H3,(H,29,30). The van der Waals surface area contributed by atoms with Gasteiger partial charge < -0.3 is 4.74 Å². The van der Waals surface area contributed by atoms with Crippen LogP contribution < -0.4 is 0 Å². The van der Waals surface area contributed by atoms with Crippen molar-refractivity contribution in [2.75, 3.05) is 6.61 Å². The van der Waals surface area contributed by atoms with Crippen molar-refractivity contribution >= 4 is 19.9 Å². The first-order chi connectivity index (χ1) is 15.4. The van der Waals surface area contributed by atoms with Crippen molar-refractivity contribution in [1.82, 2.24) is 10.2 Å². The second-order valence-electron chi connectivity index (χ2n) is 10.4. The average molecular weight is 454 g/mol. The molecule has 0 saturated heterocycles. The molecule has 1 saturated carbocycles. The molecule has 1 fully saturated rings. The highest BCUT2D eigenvalue weighted by Gasteiger charge is 2.26. The van der Waals surface area contributed by atoms with Gasteiger partial charge in [-0.05, 0) is 42.0 Å². The zero-order valence-electron chi connectivity index (χ0n) is 19.7. The molecular formula is C26H36FN3OSi. The van der Waals surface area contributed by atoms with Crippen molar-refractivity contribution in [2.45, 2.75) is 83.0 Å². The van der Waals surface area contributed by atoms with Gasteiger partial charge in [-0.1, -0.05) is 63.2 Å². The number of rotatable bonds is 8. The van der Waals surface area contributed by atoms with Gasteiger partial charge in [-0.25, -0.2) is 4.39 Å². The van der Waals surface area contributed by atoms with Crippen LogP contribution in [-0.4, -0.2) is 36.9 Å². The molecule has 1 unspecified atom stereocenters. The van der Waals surface area contributed by atoms with Gasteiger partial charge in [0.2, 0.25) is 6.36 Å². The van der Waals surface area contributed by atoms with E-state index in [4.69, 9.17) is 9.73 Å². The number of hydrogen-bond acceptors (Lipinski definition) is 3. The van der Waals surface area contributed by atoms with Crippen molar-refractivity contribution in [3.8, 4) is 0 Å². The Labute approximate surface area is 192 Å². The normalized spacial score (nSPS) is 19.6. The summed E-state index contributed by atoms with van der Waals surface area (Å²) in [5, 5.41) is 7.14. The number of aromatic nitrogens is 2. The van der Waals surface area contributed by atoms with Crippen molar-refractivity contribution < 1.29 is 9.13 Å². The first kappa shape index (κ1) is 23.1. The van der Waals surface area contributed by atoms with E-state index in [1.807, 2.05) is 6.08 Å². The molecule has 172 valence electrons. The van der Waals surface area contributed by atoms with Gasteiger partial charge in [-0.3, -0.25) is 10.1 Å². The summed E-state index contributed by atoms with van der Waals surface area (Å²) >= 11 is 0. The molecule has 4 nitrogen and oxygen atoms in total. The Hall–Kier alpha value is -2.05. The van der Waals surface area contributed by atoms with E-state index in [1.54, 1.807) is 6.20 Å². The van der Waals surface area contributed by atoms with E-state index in [-0.39, 0.29) is 0 Å². The Morgan fingerprint density at radius 3 is 2.62 bits per heavy atom. The molecule has 2 aliphatic carbocycles. The van der Waals surface area contributed by atoms with E-state index in [9.17, 15) is 0 Å². The van der Waals surface area contributed by atoms with E-state index in [0.29, 0.717) is 31.1 Å². The molecule has 4 rings (SSSR count). The number of H-pyrrole nitrogens is 1. The van der Waals surface area contributed by atoms with Gasteiger partial charge in [0.25, 0.3) is 0 Å². The van der Waals surface area contributed by atoms with Crippen LogP contribution in [0.25, 0.3) is 6.08 Å². The molecule has 2 aliphatic rings. The zero-order valence-corrected chi connectivity index (χ0v) is 20.7. The van der Waals surface area contributed by atoms with Crippen LogP contribution in [0.2, 0.25) is 25.7 Å². The summed E-state index contributed by atoms with van der Waals surface area (Å²) in [5.74, 6) is 0.705. The number of alkyl halides is 1. The van der Waals surface area contributed by atoms with Crippen LogP contribution in [0.15, 0.2) is 41.0 Å². The van der Waals surface area contributed by atoms with Gasteiger partial charge in [0.15, 0.2) is 0 Å². The average Bonchev–Trinajstić information content (AvgIpc) is 3.24. The second-order valence-corrected chi connectivity index (χ2v) is 16.0. The number of nitrogens with one attached hydrogen (secondary N) is 1. The molecule has 32 heavy (non-hydrogen) atoms. The Balaban J connectivity index is 1.45. The highest BCUT2D eigenvalue weighted by molar-refractivity contribution is 6.76. The van der Waals surface area contributed by atoms with Crippen LogP contribution in [0.4, 0.5) is 4.39 Å². The number of benzene rings is 1. The van der Waals surface area contributed by atoms with E-state index in [0.717, 1.165) is 28.6 Å². The lowest BCUT2D eigenvalue weighted by Gasteiger charge is -2.22. The van der Waals surface area contributed by atoms with Crippen LogP contribution >= 0.6 is 0 Å². The van der Waals surface area contributed by atoms with Crippen molar-refractivity contribution in [3.05, 3.63) is 58.4 Å². The molecule has 2 aromatic rings. The van der Waals surface area contributed by atoms with Crippen LogP contribution in [0.5, 0.6) is 0 Å². The number of ether oxygens (including phenoxy) is 1. The van der Waals surface area contributed by atoms with Crippen molar-refractivity contribution in [2.24, 2.45) is 4.99 Å². The Kier molecular flexibility index (Phi) is 7.41. The largest absolute Gasteiger partial charge is 0.345 e. The lowest BCUT2D eigenvalue weighted by Crippen LogP contribution is -2.26. The minimum Gasteiger partial charge on any atom is -0.345 e. The lowest BCUT2D eigenvalue weighted by atomic mass is 9.84. The van der Waals surface area contributed by atoms with Gasteiger partial charge in [0, 0.05) is 43.6 Å². The SMILES string of the molecule is C[Si](C)(C)CCOC(F)C1=Cc2cn[nH]c2CC1=NCc1ccc(C2CCCCC2)cc1.